The van der Waals surface area contributed by atoms with Gasteiger partial charge in [-0.25, -0.2) is 13.1 Å². The Hall–Kier alpha value is -0.470. The van der Waals surface area contributed by atoms with Gasteiger partial charge >= 0.3 is 0 Å². The number of aryl methyl sites for hydroxylation is 1. The summed E-state index contributed by atoms with van der Waals surface area (Å²) >= 11 is 1.32. The summed E-state index contributed by atoms with van der Waals surface area (Å²) in [5.74, 6) is 0. The third-order valence-corrected chi connectivity index (χ3v) is 7.18. The summed E-state index contributed by atoms with van der Waals surface area (Å²) in [4.78, 5) is 1.05. The molecule has 1 aromatic rings. The van der Waals surface area contributed by atoms with Gasteiger partial charge in [-0.1, -0.05) is 0 Å². The molecule has 2 unspecified atom stereocenters. The highest BCUT2D eigenvalue weighted by Gasteiger charge is 2.41. The summed E-state index contributed by atoms with van der Waals surface area (Å²) < 4.78 is 33.7. The number of thiophene rings is 1. The van der Waals surface area contributed by atoms with E-state index in [1.54, 1.807) is 6.07 Å². The lowest BCUT2D eigenvalue weighted by molar-refractivity contribution is 0.0957. The van der Waals surface area contributed by atoms with Crippen molar-refractivity contribution in [3.63, 3.8) is 0 Å². The molecule has 2 N–H and O–H groups in total. The van der Waals surface area contributed by atoms with Gasteiger partial charge in [0.2, 0.25) is 0 Å². The summed E-state index contributed by atoms with van der Waals surface area (Å²) in [7, 11) is -1.64. The average Bonchev–Trinajstić information content (AvgIpc) is 2.85. The van der Waals surface area contributed by atoms with Crippen molar-refractivity contribution in [3.05, 3.63) is 16.5 Å². The lowest BCUT2D eigenvalue weighted by Crippen LogP contribution is -2.50. The second kappa shape index (κ2) is 5.73. The molecule has 0 saturated carbocycles. The minimum absolute atomic E-state index is 0.116. The van der Waals surface area contributed by atoms with Gasteiger partial charge in [-0.2, -0.15) is 0 Å². The molecule has 2 heterocycles. The van der Waals surface area contributed by atoms with E-state index in [4.69, 9.17) is 4.74 Å². The number of hydrogen-bond donors (Lipinski definition) is 2. The van der Waals surface area contributed by atoms with Gasteiger partial charge in [0.15, 0.2) is 0 Å². The fourth-order valence-electron chi connectivity index (χ4n) is 2.28. The van der Waals surface area contributed by atoms with Crippen LogP contribution in [0.15, 0.2) is 10.3 Å². The topological polar surface area (TPSA) is 67.4 Å². The molecule has 1 aliphatic heterocycles. The highest BCUT2D eigenvalue weighted by molar-refractivity contribution is 7.91. The molecule has 0 bridgehead atoms. The first-order valence-corrected chi connectivity index (χ1v) is 8.98. The van der Waals surface area contributed by atoms with Crippen LogP contribution in [0.5, 0.6) is 0 Å². The van der Waals surface area contributed by atoms with Crippen LogP contribution in [0, 0.1) is 6.92 Å². The van der Waals surface area contributed by atoms with Gasteiger partial charge in [-0.05, 0) is 45.9 Å². The van der Waals surface area contributed by atoms with E-state index in [9.17, 15) is 8.42 Å². The number of sulfonamides is 1. The summed E-state index contributed by atoms with van der Waals surface area (Å²) in [6.45, 7) is 7.02. The predicted octanol–water partition coefficient (Wildman–Crippen LogP) is 1.62. The zero-order chi connectivity index (χ0) is 15.0. The van der Waals surface area contributed by atoms with Gasteiger partial charge in [-0.15, -0.1) is 11.3 Å². The van der Waals surface area contributed by atoms with E-state index in [1.165, 1.54) is 11.3 Å². The highest BCUT2D eigenvalue weighted by atomic mass is 32.2. The molecular weight excluding hydrogens is 296 g/mol. The molecule has 1 aliphatic rings. The molecule has 0 radical (unpaired) electrons. The summed E-state index contributed by atoms with van der Waals surface area (Å²) in [5.41, 5.74) is 0.477. The lowest BCUT2D eigenvalue weighted by Gasteiger charge is -2.28. The number of nitrogens with one attached hydrogen (secondary N) is 2. The van der Waals surface area contributed by atoms with E-state index < -0.39 is 15.6 Å². The number of hydrogen-bond acceptors (Lipinski definition) is 5. The normalized spacial score (nSPS) is 27.1. The minimum atomic E-state index is -3.49. The Morgan fingerprint density at radius 2 is 2.25 bits per heavy atom. The van der Waals surface area contributed by atoms with Crippen molar-refractivity contribution < 1.29 is 13.2 Å². The first-order valence-electron chi connectivity index (χ1n) is 6.68. The van der Waals surface area contributed by atoms with Crippen molar-refractivity contribution in [2.45, 2.75) is 49.6 Å². The van der Waals surface area contributed by atoms with Gasteiger partial charge in [0.05, 0.1) is 11.6 Å². The van der Waals surface area contributed by atoms with Crippen molar-refractivity contribution >= 4 is 21.4 Å². The van der Waals surface area contributed by atoms with E-state index in [-0.39, 0.29) is 6.10 Å². The summed E-state index contributed by atoms with van der Waals surface area (Å²) in [5, 5.41) is 3.05. The second-order valence-electron chi connectivity index (χ2n) is 5.49. The molecule has 114 valence electrons. The summed E-state index contributed by atoms with van der Waals surface area (Å²) in [6, 6.07) is 1.74. The standard InChI is InChI=1S/C13H22N2O3S2/c1-9-7-12(19-11(9)8-14-4)20(16,17)15-13(3)5-6-18-10(13)2/h7,10,14-15H,5-6,8H2,1-4H3. The predicted molar refractivity (Wildman–Crippen MR) is 80.6 cm³/mol. The van der Waals surface area contributed by atoms with Gasteiger partial charge in [0.25, 0.3) is 10.0 Å². The average molecular weight is 318 g/mol. The molecule has 7 heteroatoms. The lowest BCUT2D eigenvalue weighted by atomic mass is 9.97. The SMILES string of the molecule is CNCc1sc(S(=O)(=O)NC2(C)CCOC2C)cc1C. The molecule has 1 saturated heterocycles. The molecule has 0 spiro atoms. The van der Waals surface area contributed by atoms with E-state index >= 15 is 0 Å². The molecule has 0 aromatic carbocycles. The molecule has 20 heavy (non-hydrogen) atoms. The second-order valence-corrected chi connectivity index (χ2v) is 8.53. The van der Waals surface area contributed by atoms with Crippen molar-refractivity contribution in [3.8, 4) is 0 Å². The molecule has 1 aromatic heterocycles. The molecule has 0 amide bonds. The van der Waals surface area contributed by atoms with Crippen molar-refractivity contribution in [2.75, 3.05) is 13.7 Å². The van der Waals surface area contributed by atoms with Crippen LogP contribution < -0.4 is 10.0 Å². The number of ether oxygens (including phenoxy) is 1. The minimum Gasteiger partial charge on any atom is -0.376 e. The van der Waals surface area contributed by atoms with Gasteiger partial charge in [0.1, 0.15) is 4.21 Å². The molecule has 0 aliphatic carbocycles. The molecule has 2 atom stereocenters. The zero-order valence-corrected chi connectivity index (χ0v) is 14.0. The first kappa shape index (κ1) is 15.9. The Labute approximate surface area is 124 Å². The Kier molecular flexibility index (Phi) is 4.56. The third kappa shape index (κ3) is 3.07. The van der Waals surface area contributed by atoms with Crippen molar-refractivity contribution in [2.24, 2.45) is 0 Å². The largest absolute Gasteiger partial charge is 0.376 e. The Balaban J connectivity index is 2.24. The van der Waals surface area contributed by atoms with Crippen molar-refractivity contribution in [1.82, 2.24) is 10.0 Å². The van der Waals surface area contributed by atoms with Crippen LogP contribution in [0.25, 0.3) is 0 Å². The Bertz CT molecular complexity index is 582. The van der Waals surface area contributed by atoms with Crippen LogP contribution in [-0.4, -0.2) is 33.7 Å². The fraction of sp³-hybridized carbons (Fsp3) is 0.692. The Morgan fingerprint density at radius 3 is 2.80 bits per heavy atom. The van der Waals surface area contributed by atoms with Crippen LogP contribution >= 0.6 is 11.3 Å². The van der Waals surface area contributed by atoms with Crippen LogP contribution in [0.2, 0.25) is 0 Å². The van der Waals surface area contributed by atoms with Crippen molar-refractivity contribution in [1.29, 1.82) is 0 Å². The van der Waals surface area contributed by atoms with E-state index in [1.807, 2.05) is 27.8 Å². The molecule has 2 rings (SSSR count). The van der Waals surface area contributed by atoms with Crippen LogP contribution in [0.4, 0.5) is 0 Å². The molecule has 5 nitrogen and oxygen atoms in total. The van der Waals surface area contributed by atoms with Crippen LogP contribution in [0.3, 0.4) is 0 Å². The van der Waals surface area contributed by atoms with Crippen LogP contribution in [0.1, 0.15) is 30.7 Å². The maximum absolute atomic E-state index is 12.5. The maximum atomic E-state index is 12.5. The van der Waals surface area contributed by atoms with E-state index in [0.29, 0.717) is 23.8 Å². The fourth-order valence-corrected chi connectivity index (χ4v) is 5.38. The zero-order valence-electron chi connectivity index (χ0n) is 12.3. The van der Waals surface area contributed by atoms with E-state index in [0.717, 1.165) is 10.4 Å². The van der Waals surface area contributed by atoms with Crippen LogP contribution in [-0.2, 0) is 21.3 Å². The smallest absolute Gasteiger partial charge is 0.250 e. The third-order valence-electron chi connectivity index (χ3n) is 3.85. The quantitative estimate of drug-likeness (QED) is 0.866. The molecular formula is C13H22N2O3S2. The molecule has 1 fully saturated rings. The summed E-state index contributed by atoms with van der Waals surface area (Å²) in [6.07, 6.45) is 0.580. The Morgan fingerprint density at radius 1 is 1.55 bits per heavy atom. The number of rotatable bonds is 5. The first-order chi connectivity index (χ1) is 9.28. The van der Waals surface area contributed by atoms with Gasteiger partial charge in [-0.3, -0.25) is 0 Å². The van der Waals surface area contributed by atoms with Gasteiger partial charge < -0.3 is 10.1 Å². The monoisotopic (exact) mass is 318 g/mol. The highest BCUT2D eigenvalue weighted by Crippen LogP contribution is 2.30. The maximum Gasteiger partial charge on any atom is 0.250 e. The van der Waals surface area contributed by atoms with E-state index in [2.05, 4.69) is 10.0 Å². The van der Waals surface area contributed by atoms with Gasteiger partial charge in [0, 0.05) is 18.0 Å².